The summed E-state index contributed by atoms with van der Waals surface area (Å²) < 4.78 is 11.0. The van der Waals surface area contributed by atoms with Crippen molar-refractivity contribution < 1.29 is 14.3 Å². The molecule has 1 amide bonds. The van der Waals surface area contributed by atoms with E-state index in [0.29, 0.717) is 23.7 Å². The van der Waals surface area contributed by atoms with Crippen molar-refractivity contribution in [3.63, 3.8) is 0 Å². The number of benzene rings is 1. The maximum absolute atomic E-state index is 11.1. The highest BCUT2D eigenvalue weighted by Gasteiger charge is 2.11. The molecule has 5 heteroatoms. The molecule has 0 unspecified atom stereocenters. The lowest BCUT2D eigenvalue weighted by Crippen LogP contribution is -2.31. The van der Waals surface area contributed by atoms with Crippen molar-refractivity contribution in [3.8, 4) is 11.5 Å². The van der Waals surface area contributed by atoms with E-state index < -0.39 is 5.91 Å². The Bertz CT molecular complexity index is 471. The Hall–Kier alpha value is -1.75. The lowest BCUT2D eigenvalue weighted by Gasteiger charge is -2.26. The summed E-state index contributed by atoms with van der Waals surface area (Å²) in [6.45, 7) is 4.12. The predicted octanol–water partition coefficient (Wildman–Crippen LogP) is 2.05. The first-order chi connectivity index (χ1) is 10.2. The SMILES string of the molecule is COc1cc(C(N)=O)ccc1OCCCN1CCCCC1. The van der Waals surface area contributed by atoms with Crippen molar-refractivity contribution in [1.29, 1.82) is 0 Å². The first-order valence-corrected chi connectivity index (χ1v) is 7.53. The van der Waals surface area contributed by atoms with Crippen molar-refractivity contribution in [2.24, 2.45) is 5.73 Å². The van der Waals surface area contributed by atoms with Crippen molar-refractivity contribution in [1.82, 2.24) is 4.90 Å². The molecule has 0 bridgehead atoms. The molecular formula is C16H24N2O3. The zero-order valence-corrected chi connectivity index (χ0v) is 12.6. The number of ether oxygens (including phenoxy) is 2. The fourth-order valence-corrected chi connectivity index (χ4v) is 2.59. The van der Waals surface area contributed by atoms with Crippen LogP contribution in [0.2, 0.25) is 0 Å². The van der Waals surface area contributed by atoms with Crippen molar-refractivity contribution in [2.75, 3.05) is 33.4 Å². The summed E-state index contributed by atoms with van der Waals surface area (Å²) >= 11 is 0. The van der Waals surface area contributed by atoms with Gasteiger partial charge in [-0.2, -0.15) is 0 Å². The third kappa shape index (κ3) is 4.63. The summed E-state index contributed by atoms with van der Waals surface area (Å²) in [7, 11) is 1.56. The minimum Gasteiger partial charge on any atom is -0.493 e. The van der Waals surface area contributed by atoms with Crippen LogP contribution in [0.4, 0.5) is 0 Å². The van der Waals surface area contributed by atoms with Gasteiger partial charge in [-0.1, -0.05) is 6.42 Å². The molecule has 2 rings (SSSR count). The second-order valence-corrected chi connectivity index (χ2v) is 5.33. The quantitative estimate of drug-likeness (QED) is 0.781. The number of nitrogens with two attached hydrogens (primary N) is 1. The summed E-state index contributed by atoms with van der Waals surface area (Å²) in [5.74, 6) is 0.732. The second-order valence-electron chi connectivity index (χ2n) is 5.33. The van der Waals surface area contributed by atoms with Crippen LogP contribution in [-0.4, -0.2) is 44.2 Å². The predicted molar refractivity (Wildman–Crippen MR) is 81.9 cm³/mol. The van der Waals surface area contributed by atoms with Crippen molar-refractivity contribution >= 4 is 5.91 Å². The smallest absolute Gasteiger partial charge is 0.248 e. The number of carbonyl (C=O) groups excluding carboxylic acids is 1. The number of nitrogens with zero attached hydrogens (tertiary/aromatic N) is 1. The molecule has 1 aliphatic heterocycles. The van der Waals surface area contributed by atoms with Crippen LogP contribution in [0.25, 0.3) is 0 Å². The van der Waals surface area contributed by atoms with E-state index in [1.807, 2.05) is 0 Å². The number of hydrogen-bond acceptors (Lipinski definition) is 4. The molecule has 1 aromatic carbocycles. The van der Waals surface area contributed by atoms with E-state index in [1.165, 1.54) is 32.4 Å². The summed E-state index contributed by atoms with van der Waals surface area (Å²) in [5, 5.41) is 0. The van der Waals surface area contributed by atoms with Crippen LogP contribution in [0.3, 0.4) is 0 Å². The zero-order chi connectivity index (χ0) is 15.1. The number of carbonyl (C=O) groups is 1. The molecule has 0 atom stereocenters. The van der Waals surface area contributed by atoms with Crippen molar-refractivity contribution in [2.45, 2.75) is 25.7 Å². The van der Waals surface area contributed by atoms with Crippen LogP contribution in [0.5, 0.6) is 11.5 Å². The number of rotatable bonds is 7. The molecule has 0 aliphatic carbocycles. The van der Waals surface area contributed by atoms with E-state index in [-0.39, 0.29) is 0 Å². The minimum absolute atomic E-state index is 0.424. The van der Waals surface area contributed by atoms with Gasteiger partial charge in [0.25, 0.3) is 0 Å². The molecule has 1 aromatic rings. The molecule has 116 valence electrons. The van der Waals surface area contributed by atoms with Crippen LogP contribution in [0.15, 0.2) is 18.2 Å². The van der Waals surface area contributed by atoms with E-state index in [1.54, 1.807) is 25.3 Å². The molecule has 1 aliphatic rings. The molecule has 0 radical (unpaired) electrons. The first kappa shape index (κ1) is 15.6. The van der Waals surface area contributed by atoms with E-state index >= 15 is 0 Å². The Morgan fingerprint density at radius 2 is 2.00 bits per heavy atom. The Kier molecular flexibility index (Phi) is 5.87. The fraction of sp³-hybridized carbons (Fsp3) is 0.562. The van der Waals surface area contributed by atoms with Crippen LogP contribution < -0.4 is 15.2 Å². The third-order valence-corrected chi connectivity index (χ3v) is 3.77. The van der Waals surface area contributed by atoms with Gasteiger partial charge in [0.05, 0.1) is 13.7 Å². The number of amides is 1. The molecule has 21 heavy (non-hydrogen) atoms. The van der Waals surface area contributed by atoms with Gasteiger partial charge < -0.3 is 20.1 Å². The average Bonchev–Trinajstić information content (AvgIpc) is 2.52. The van der Waals surface area contributed by atoms with Gasteiger partial charge >= 0.3 is 0 Å². The number of piperidine rings is 1. The van der Waals surface area contributed by atoms with Gasteiger partial charge in [-0.15, -0.1) is 0 Å². The second kappa shape index (κ2) is 7.88. The molecule has 1 fully saturated rings. The average molecular weight is 292 g/mol. The fourth-order valence-electron chi connectivity index (χ4n) is 2.59. The first-order valence-electron chi connectivity index (χ1n) is 7.53. The number of likely N-dealkylation sites (tertiary alicyclic amines) is 1. The van der Waals surface area contributed by atoms with Gasteiger partial charge in [0.15, 0.2) is 11.5 Å². The summed E-state index contributed by atoms with van der Waals surface area (Å²) in [4.78, 5) is 13.6. The van der Waals surface area contributed by atoms with E-state index in [4.69, 9.17) is 15.2 Å². The number of primary amides is 1. The lowest BCUT2D eigenvalue weighted by atomic mass is 10.1. The number of hydrogen-bond donors (Lipinski definition) is 1. The monoisotopic (exact) mass is 292 g/mol. The highest BCUT2D eigenvalue weighted by molar-refractivity contribution is 5.93. The van der Waals surface area contributed by atoms with Gasteiger partial charge in [0.2, 0.25) is 5.91 Å². The minimum atomic E-state index is -0.468. The molecule has 2 N–H and O–H groups in total. The van der Waals surface area contributed by atoms with Crippen LogP contribution in [0.1, 0.15) is 36.0 Å². The van der Waals surface area contributed by atoms with E-state index in [9.17, 15) is 4.79 Å². The van der Waals surface area contributed by atoms with Crippen LogP contribution in [-0.2, 0) is 0 Å². The highest BCUT2D eigenvalue weighted by Crippen LogP contribution is 2.28. The third-order valence-electron chi connectivity index (χ3n) is 3.77. The molecular weight excluding hydrogens is 268 g/mol. The highest BCUT2D eigenvalue weighted by atomic mass is 16.5. The Morgan fingerprint density at radius 3 is 2.67 bits per heavy atom. The van der Waals surface area contributed by atoms with Crippen molar-refractivity contribution in [3.05, 3.63) is 23.8 Å². The zero-order valence-electron chi connectivity index (χ0n) is 12.6. The van der Waals surface area contributed by atoms with Gasteiger partial charge in [0.1, 0.15) is 0 Å². The van der Waals surface area contributed by atoms with Gasteiger partial charge in [-0.3, -0.25) is 4.79 Å². The molecule has 5 nitrogen and oxygen atoms in total. The van der Waals surface area contributed by atoms with Gasteiger partial charge in [-0.05, 0) is 50.6 Å². The summed E-state index contributed by atoms with van der Waals surface area (Å²) in [5.41, 5.74) is 5.67. The Balaban J connectivity index is 1.80. The number of methoxy groups -OCH3 is 1. The van der Waals surface area contributed by atoms with Crippen LogP contribution >= 0.6 is 0 Å². The molecule has 0 spiro atoms. The molecule has 0 aromatic heterocycles. The standard InChI is InChI=1S/C16H24N2O3/c1-20-15-12-13(16(17)19)6-7-14(15)21-11-5-10-18-8-3-2-4-9-18/h6-7,12H,2-5,8-11H2,1H3,(H2,17,19). The van der Waals surface area contributed by atoms with Gasteiger partial charge in [-0.25, -0.2) is 0 Å². The Morgan fingerprint density at radius 1 is 1.24 bits per heavy atom. The molecule has 1 saturated heterocycles. The van der Waals surface area contributed by atoms with E-state index in [2.05, 4.69) is 4.90 Å². The maximum atomic E-state index is 11.1. The molecule has 0 saturated carbocycles. The Labute approximate surface area is 126 Å². The maximum Gasteiger partial charge on any atom is 0.248 e. The van der Waals surface area contributed by atoms with Crippen LogP contribution in [0, 0.1) is 0 Å². The van der Waals surface area contributed by atoms with Gasteiger partial charge in [0, 0.05) is 12.1 Å². The van der Waals surface area contributed by atoms with E-state index in [0.717, 1.165) is 13.0 Å². The lowest BCUT2D eigenvalue weighted by molar-refractivity contribution is 0.1000. The summed E-state index contributed by atoms with van der Waals surface area (Å²) in [6, 6.07) is 5.01. The topological polar surface area (TPSA) is 64.8 Å². The summed E-state index contributed by atoms with van der Waals surface area (Å²) in [6.07, 6.45) is 4.96. The molecule has 1 heterocycles. The largest absolute Gasteiger partial charge is 0.493 e. The normalized spacial score (nSPS) is 15.7.